The third kappa shape index (κ3) is 3.71. The van der Waals surface area contributed by atoms with E-state index in [1.165, 1.54) is 50.8 Å². The van der Waals surface area contributed by atoms with Crippen LogP contribution < -0.4 is 9.64 Å². The molecular weight excluding hydrogens is 384 g/mol. The number of halogens is 1. The Morgan fingerprint density at radius 1 is 1.03 bits per heavy atom. The normalized spacial score (nSPS) is 24.6. The monoisotopic (exact) mass is 412 g/mol. The second-order valence-corrected chi connectivity index (χ2v) is 9.41. The van der Waals surface area contributed by atoms with Crippen LogP contribution in [-0.4, -0.2) is 54.4 Å². The number of aromatic nitrogens is 2. The van der Waals surface area contributed by atoms with Gasteiger partial charge >= 0.3 is 0 Å². The van der Waals surface area contributed by atoms with Crippen molar-refractivity contribution in [3.05, 3.63) is 47.1 Å². The smallest absolute Gasteiger partial charge is 0.151 e. The van der Waals surface area contributed by atoms with Crippen molar-refractivity contribution in [3.63, 3.8) is 0 Å². The van der Waals surface area contributed by atoms with Gasteiger partial charge in [-0.3, -0.25) is 0 Å². The Labute approximate surface area is 178 Å². The highest BCUT2D eigenvalue weighted by Gasteiger charge is 2.49. The van der Waals surface area contributed by atoms with E-state index in [1.54, 1.807) is 7.11 Å². The lowest BCUT2D eigenvalue weighted by Gasteiger charge is -2.49. The van der Waals surface area contributed by atoms with Crippen molar-refractivity contribution >= 4 is 17.4 Å². The number of anilines is 1. The van der Waals surface area contributed by atoms with Gasteiger partial charge in [0.05, 0.1) is 7.11 Å². The van der Waals surface area contributed by atoms with Crippen LogP contribution in [0.2, 0.25) is 5.15 Å². The van der Waals surface area contributed by atoms with Crippen molar-refractivity contribution in [2.75, 3.05) is 38.2 Å². The van der Waals surface area contributed by atoms with Gasteiger partial charge in [-0.15, -0.1) is 10.2 Å². The molecule has 1 saturated carbocycles. The Morgan fingerprint density at radius 2 is 1.83 bits per heavy atom. The fourth-order valence-corrected chi connectivity index (χ4v) is 5.86. The number of para-hydroxylation sites is 1. The molecule has 0 bridgehead atoms. The van der Waals surface area contributed by atoms with Crippen LogP contribution in [0.5, 0.6) is 5.75 Å². The van der Waals surface area contributed by atoms with Crippen molar-refractivity contribution in [1.82, 2.24) is 15.1 Å². The number of hydrogen-bond acceptors (Lipinski definition) is 5. The van der Waals surface area contributed by atoms with Crippen LogP contribution in [0.1, 0.15) is 43.6 Å². The molecule has 1 aromatic heterocycles. The Hall–Kier alpha value is -1.85. The molecule has 3 heterocycles. The first-order valence-corrected chi connectivity index (χ1v) is 11.1. The number of hydrogen-bond donors (Lipinski definition) is 0. The molecule has 5 rings (SSSR count). The molecule has 2 aliphatic heterocycles. The summed E-state index contributed by atoms with van der Waals surface area (Å²) in [6.07, 6.45) is 6.46. The maximum atomic E-state index is 5.86. The molecule has 6 heteroatoms. The van der Waals surface area contributed by atoms with E-state index in [-0.39, 0.29) is 0 Å². The van der Waals surface area contributed by atoms with Gasteiger partial charge in [0, 0.05) is 24.5 Å². The van der Waals surface area contributed by atoms with Crippen molar-refractivity contribution in [2.24, 2.45) is 5.41 Å². The zero-order valence-corrected chi connectivity index (χ0v) is 17.8. The average molecular weight is 413 g/mol. The predicted octanol–water partition coefficient (Wildman–Crippen LogP) is 4.38. The SMILES string of the molecule is COc1ccccc1C1CCN([C@@H]2CCC3(C2)CN(c2ccc(Cl)nn2)C3)CC1. The zero-order valence-electron chi connectivity index (χ0n) is 17.1. The molecule has 1 aromatic carbocycles. The molecule has 5 nitrogen and oxygen atoms in total. The summed E-state index contributed by atoms with van der Waals surface area (Å²) in [7, 11) is 1.78. The van der Waals surface area contributed by atoms with E-state index in [9.17, 15) is 0 Å². The number of methoxy groups -OCH3 is 1. The summed E-state index contributed by atoms with van der Waals surface area (Å²) in [6.45, 7) is 4.63. The van der Waals surface area contributed by atoms with Crippen molar-refractivity contribution in [1.29, 1.82) is 0 Å². The number of rotatable bonds is 4. The molecule has 3 fully saturated rings. The van der Waals surface area contributed by atoms with Gasteiger partial charge in [-0.1, -0.05) is 29.8 Å². The van der Waals surface area contributed by atoms with E-state index in [2.05, 4.69) is 44.3 Å². The molecule has 29 heavy (non-hydrogen) atoms. The quantitative estimate of drug-likeness (QED) is 0.745. The van der Waals surface area contributed by atoms with Gasteiger partial charge in [0.2, 0.25) is 0 Å². The van der Waals surface area contributed by atoms with E-state index in [4.69, 9.17) is 16.3 Å². The van der Waals surface area contributed by atoms with Gasteiger partial charge in [-0.25, -0.2) is 0 Å². The lowest BCUT2D eigenvalue weighted by atomic mass is 9.78. The number of piperidine rings is 1. The average Bonchev–Trinajstić information content (AvgIpc) is 3.19. The van der Waals surface area contributed by atoms with Crippen LogP contribution >= 0.6 is 11.6 Å². The Balaban J connectivity index is 1.15. The number of benzene rings is 1. The molecule has 2 aromatic rings. The molecule has 0 unspecified atom stereocenters. The summed E-state index contributed by atoms with van der Waals surface area (Å²) in [5.74, 6) is 2.63. The second-order valence-electron chi connectivity index (χ2n) is 9.02. The summed E-state index contributed by atoms with van der Waals surface area (Å²) < 4.78 is 5.59. The van der Waals surface area contributed by atoms with E-state index >= 15 is 0 Å². The topological polar surface area (TPSA) is 41.5 Å². The molecule has 2 saturated heterocycles. The highest BCUT2D eigenvalue weighted by atomic mass is 35.5. The maximum Gasteiger partial charge on any atom is 0.151 e. The van der Waals surface area contributed by atoms with Gasteiger partial charge in [0.25, 0.3) is 0 Å². The zero-order chi connectivity index (χ0) is 19.8. The fraction of sp³-hybridized carbons (Fsp3) is 0.565. The molecule has 0 radical (unpaired) electrons. The first-order valence-electron chi connectivity index (χ1n) is 10.8. The molecule has 154 valence electrons. The Bertz CT molecular complexity index is 844. The summed E-state index contributed by atoms with van der Waals surface area (Å²) >= 11 is 5.86. The largest absolute Gasteiger partial charge is 0.496 e. The molecule has 0 amide bonds. The lowest BCUT2D eigenvalue weighted by Crippen LogP contribution is -2.56. The summed E-state index contributed by atoms with van der Waals surface area (Å²) in [5, 5.41) is 8.68. The third-order valence-electron chi connectivity index (χ3n) is 7.30. The lowest BCUT2D eigenvalue weighted by molar-refractivity contribution is 0.131. The van der Waals surface area contributed by atoms with Crippen molar-refractivity contribution in [2.45, 2.75) is 44.1 Å². The first-order chi connectivity index (χ1) is 14.2. The van der Waals surface area contributed by atoms with Gasteiger partial charge in [0.1, 0.15) is 5.75 Å². The van der Waals surface area contributed by atoms with Crippen LogP contribution in [0, 0.1) is 5.41 Å². The summed E-state index contributed by atoms with van der Waals surface area (Å²) in [6, 6.07) is 13.1. The van der Waals surface area contributed by atoms with E-state index < -0.39 is 0 Å². The standard InChI is InChI=1S/C23H29ClN4O/c1-29-20-5-3-2-4-19(20)17-9-12-27(13-10-17)18-8-11-23(14-18)15-28(16-23)22-7-6-21(24)25-26-22/h2-7,17-18H,8-16H2,1H3/t18-/m1/s1. The highest BCUT2D eigenvalue weighted by molar-refractivity contribution is 6.29. The molecule has 1 aliphatic carbocycles. The number of ether oxygens (including phenoxy) is 1. The van der Waals surface area contributed by atoms with Crippen LogP contribution in [0.4, 0.5) is 5.82 Å². The van der Waals surface area contributed by atoms with E-state index in [0.29, 0.717) is 16.5 Å². The highest BCUT2D eigenvalue weighted by Crippen LogP contribution is 2.48. The van der Waals surface area contributed by atoms with Gasteiger partial charge in [0.15, 0.2) is 11.0 Å². The minimum atomic E-state index is 0.460. The number of nitrogens with zero attached hydrogens (tertiary/aromatic N) is 4. The van der Waals surface area contributed by atoms with Gasteiger partial charge in [-0.2, -0.15) is 0 Å². The summed E-state index contributed by atoms with van der Waals surface area (Å²) in [4.78, 5) is 5.10. The minimum absolute atomic E-state index is 0.460. The van der Waals surface area contributed by atoms with Crippen molar-refractivity contribution in [3.8, 4) is 5.75 Å². The summed E-state index contributed by atoms with van der Waals surface area (Å²) in [5.41, 5.74) is 1.86. The van der Waals surface area contributed by atoms with Crippen LogP contribution in [-0.2, 0) is 0 Å². The van der Waals surface area contributed by atoms with Crippen molar-refractivity contribution < 1.29 is 4.74 Å². The van der Waals surface area contributed by atoms with E-state index in [1.807, 2.05) is 12.1 Å². The van der Waals surface area contributed by atoms with Crippen LogP contribution in [0.25, 0.3) is 0 Å². The fourth-order valence-electron chi connectivity index (χ4n) is 5.76. The van der Waals surface area contributed by atoms with Gasteiger partial charge < -0.3 is 14.5 Å². The third-order valence-corrected chi connectivity index (χ3v) is 7.50. The molecule has 1 atom stereocenters. The van der Waals surface area contributed by atoms with Crippen LogP contribution in [0.3, 0.4) is 0 Å². The van der Waals surface area contributed by atoms with Crippen LogP contribution in [0.15, 0.2) is 36.4 Å². The number of likely N-dealkylation sites (tertiary alicyclic amines) is 1. The Kier molecular flexibility index (Phi) is 5.12. The first kappa shape index (κ1) is 19.1. The molecule has 3 aliphatic rings. The van der Waals surface area contributed by atoms with Gasteiger partial charge in [-0.05, 0) is 74.9 Å². The molecular formula is C23H29ClN4O. The second kappa shape index (κ2) is 7.77. The minimum Gasteiger partial charge on any atom is -0.496 e. The predicted molar refractivity (Wildman–Crippen MR) is 116 cm³/mol. The van der Waals surface area contributed by atoms with E-state index in [0.717, 1.165) is 30.7 Å². The Morgan fingerprint density at radius 3 is 2.55 bits per heavy atom. The molecule has 0 N–H and O–H groups in total. The maximum absolute atomic E-state index is 5.86. The molecule has 1 spiro atoms.